The number of amides is 4. The number of nitrogens with zero attached hydrogens (tertiary/aromatic N) is 1. The van der Waals surface area contributed by atoms with Crippen molar-refractivity contribution in [1.82, 2.24) is 15.5 Å². The molecule has 0 saturated carbocycles. The van der Waals surface area contributed by atoms with Gasteiger partial charge >= 0.3 is 0 Å². The molecule has 1 aliphatic heterocycles. The second kappa shape index (κ2) is 9.26. The van der Waals surface area contributed by atoms with E-state index in [0.717, 1.165) is 5.56 Å². The van der Waals surface area contributed by atoms with Crippen molar-refractivity contribution in [2.24, 2.45) is 0 Å². The Labute approximate surface area is 185 Å². The highest BCUT2D eigenvalue weighted by Crippen LogP contribution is 2.24. The fourth-order valence-corrected chi connectivity index (χ4v) is 3.50. The molecule has 0 aromatic heterocycles. The third-order valence-electron chi connectivity index (χ3n) is 5.15. The molecule has 4 amide bonds. The minimum absolute atomic E-state index is 0.0605. The van der Waals surface area contributed by atoms with Crippen LogP contribution in [0.1, 0.15) is 42.2 Å². The number of hydrogen-bond acceptors (Lipinski definition) is 4. The summed E-state index contributed by atoms with van der Waals surface area (Å²) in [6, 6.07) is 22.8. The van der Waals surface area contributed by atoms with Crippen molar-refractivity contribution in [2.45, 2.75) is 13.1 Å². The largest absolute Gasteiger partial charge is 0.350 e. The number of benzene rings is 3. The van der Waals surface area contributed by atoms with Crippen molar-refractivity contribution in [3.05, 3.63) is 107 Å². The van der Waals surface area contributed by atoms with E-state index in [9.17, 15) is 19.2 Å². The molecule has 7 nitrogen and oxygen atoms in total. The van der Waals surface area contributed by atoms with Gasteiger partial charge in [0.2, 0.25) is 5.91 Å². The van der Waals surface area contributed by atoms with Crippen molar-refractivity contribution < 1.29 is 19.2 Å². The number of rotatable bonds is 7. The zero-order chi connectivity index (χ0) is 22.5. The van der Waals surface area contributed by atoms with Gasteiger partial charge in [0.15, 0.2) is 0 Å². The van der Waals surface area contributed by atoms with Crippen LogP contribution in [0.25, 0.3) is 0 Å². The molecule has 0 fully saturated rings. The number of imide groups is 1. The highest BCUT2D eigenvalue weighted by Gasteiger charge is 2.34. The summed E-state index contributed by atoms with van der Waals surface area (Å²) in [5.41, 5.74) is 2.71. The van der Waals surface area contributed by atoms with E-state index in [1.807, 2.05) is 30.3 Å². The molecule has 32 heavy (non-hydrogen) atoms. The molecule has 0 aliphatic carbocycles. The molecular formula is C25H21N3O4. The van der Waals surface area contributed by atoms with Crippen LogP contribution in [0.3, 0.4) is 0 Å². The van der Waals surface area contributed by atoms with Gasteiger partial charge in [0.05, 0.1) is 24.2 Å². The molecule has 0 unspecified atom stereocenters. The smallest absolute Gasteiger partial charge is 0.261 e. The quantitative estimate of drug-likeness (QED) is 0.567. The van der Waals surface area contributed by atoms with Gasteiger partial charge in [0.1, 0.15) is 0 Å². The first-order valence-corrected chi connectivity index (χ1v) is 10.2. The fraction of sp³-hybridized carbons (Fsp3) is 0.120. The number of nitrogens with one attached hydrogen (secondary N) is 2. The van der Waals surface area contributed by atoms with Gasteiger partial charge in [-0.25, -0.2) is 0 Å². The molecule has 0 bridgehead atoms. The second-order valence-electron chi connectivity index (χ2n) is 7.39. The van der Waals surface area contributed by atoms with E-state index in [0.29, 0.717) is 28.8 Å². The minimum Gasteiger partial charge on any atom is -0.350 e. The number of carbonyl (C=O) groups is 4. The fourth-order valence-electron chi connectivity index (χ4n) is 3.50. The first-order chi connectivity index (χ1) is 15.5. The highest BCUT2D eigenvalue weighted by molar-refractivity contribution is 6.21. The molecule has 7 heteroatoms. The third kappa shape index (κ3) is 4.57. The van der Waals surface area contributed by atoms with E-state index < -0.39 is 5.91 Å². The van der Waals surface area contributed by atoms with Gasteiger partial charge in [-0.1, -0.05) is 54.6 Å². The Bertz CT molecular complexity index is 1160. The summed E-state index contributed by atoms with van der Waals surface area (Å²) in [5.74, 6) is -1.42. The lowest BCUT2D eigenvalue weighted by atomic mass is 10.1. The molecule has 2 N–H and O–H groups in total. The zero-order valence-corrected chi connectivity index (χ0v) is 17.2. The summed E-state index contributed by atoms with van der Waals surface area (Å²) in [6.07, 6.45) is 0. The lowest BCUT2D eigenvalue weighted by molar-refractivity contribution is -0.120. The standard InChI is InChI=1S/C25H21N3O4/c29-22(26-14-17-7-2-1-3-8-17)15-27-23(30)19-10-6-9-18(13-19)16-28-24(31)20-11-4-5-12-21(20)25(28)32/h1-13H,14-16H2,(H,26,29)(H,27,30). The van der Waals surface area contributed by atoms with E-state index in [2.05, 4.69) is 10.6 Å². The van der Waals surface area contributed by atoms with Crippen molar-refractivity contribution in [2.75, 3.05) is 6.54 Å². The van der Waals surface area contributed by atoms with Gasteiger partial charge in [-0.3, -0.25) is 24.1 Å². The van der Waals surface area contributed by atoms with Gasteiger partial charge in [-0.05, 0) is 35.4 Å². The van der Waals surface area contributed by atoms with Gasteiger partial charge in [-0.15, -0.1) is 0 Å². The Kier molecular flexibility index (Phi) is 6.07. The average molecular weight is 427 g/mol. The Morgan fingerprint density at radius 2 is 1.34 bits per heavy atom. The Morgan fingerprint density at radius 1 is 0.719 bits per heavy atom. The van der Waals surface area contributed by atoms with Gasteiger partial charge in [0, 0.05) is 12.1 Å². The van der Waals surface area contributed by atoms with E-state index in [1.165, 1.54) is 4.90 Å². The predicted molar refractivity (Wildman–Crippen MR) is 118 cm³/mol. The van der Waals surface area contributed by atoms with E-state index in [4.69, 9.17) is 0 Å². The third-order valence-corrected chi connectivity index (χ3v) is 5.15. The van der Waals surface area contributed by atoms with Crippen molar-refractivity contribution in [3.63, 3.8) is 0 Å². The summed E-state index contributed by atoms with van der Waals surface area (Å²) in [6.45, 7) is 0.282. The first-order valence-electron chi connectivity index (χ1n) is 10.2. The minimum atomic E-state index is -0.413. The maximum absolute atomic E-state index is 12.6. The Morgan fingerprint density at radius 3 is 2.03 bits per heavy atom. The van der Waals surface area contributed by atoms with Gasteiger partial charge in [-0.2, -0.15) is 0 Å². The van der Waals surface area contributed by atoms with Crippen LogP contribution in [0.5, 0.6) is 0 Å². The van der Waals surface area contributed by atoms with Crippen LogP contribution in [-0.2, 0) is 17.9 Å². The van der Waals surface area contributed by atoms with E-state index >= 15 is 0 Å². The zero-order valence-electron chi connectivity index (χ0n) is 17.2. The second-order valence-corrected chi connectivity index (χ2v) is 7.39. The van der Waals surface area contributed by atoms with E-state index in [-0.39, 0.29) is 30.8 Å². The molecular weight excluding hydrogens is 406 g/mol. The van der Waals surface area contributed by atoms with Crippen LogP contribution < -0.4 is 10.6 Å². The maximum atomic E-state index is 12.6. The summed E-state index contributed by atoms with van der Waals surface area (Å²) < 4.78 is 0. The van der Waals surface area contributed by atoms with Crippen LogP contribution in [0.4, 0.5) is 0 Å². The monoisotopic (exact) mass is 427 g/mol. The average Bonchev–Trinajstić information content (AvgIpc) is 3.07. The molecule has 3 aromatic carbocycles. The van der Waals surface area contributed by atoms with Crippen molar-refractivity contribution in [3.8, 4) is 0 Å². The molecule has 3 aromatic rings. The topological polar surface area (TPSA) is 95.6 Å². The molecule has 4 rings (SSSR count). The Hall–Kier alpha value is -4.26. The maximum Gasteiger partial charge on any atom is 0.261 e. The van der Waals surface area contributed by atoms with Gasteiger partial charge < -0.3 is 10.6 Å². The molecule has 160 valence electrons. The van der Waals surface area contributed by atoms with Gasteiger partial charge in [0.25, 0.3) is 17.7 Å². The summed E-state index contributed by atoms with van der Waals surface area (Å²) in [5, 5.41) is 5.34. The molecule has 0 spiro atoms. The lowest BCUT2D eigenvalue weighted by Crippen LogP contribution is -2.36. The first kappa shape index (κ1) is 21.0. The number of fused-ring (bicyclic) bond motifs is 1. The summed E-state index contributed by atoms with van der Waals surface area (Å²) >= 11 is 0. The van der Waals surface area contributed by atoms with Crippen LogP contribution in [0.2, 0.25) is 0 Å². The van der Waals surface area contributed by atoms with Crippen LogP contribution in [0, 0.1) is 0 Å². The molecule has 0 saturated heterocycles. The molecule has 0 atom stereocenters. The SMILES string of the molecule is O=C(CNC(=O)c1cccc(CN2C(=O)c3ccccc3C2=O)c1)NCc1ccccc1. The summed E-state index contributed by atoms with van der Waals surface area (Å²) in [4.78, 5) is 50.8. The summed E-state index contributed by atoms with van der Waals surface area (Å²) in [7, 11) is 0. The van der Waals surface area contributed by atoms with Crippen LogP contribution in [-0.4, -0.2) is 35.1 Å². The lowest BCUT2D eigenvalue weighted by Gasteiger charge is -2.14. The Balaban J connectivity index is 1.34. The normalized spacial score (nSPS) is 12.4. The highest BCUT2D eigenvalue weighted by atomic mass is 16.2. The van der Waals surface area contributed by atoms with Crippen molar-refractivity contribution >= 4 is 23.6 Å². The van der Waals surface area contributed by atoms with Crippen LogP contribution >= 0.6 is 0 Å². The van der Waals surface area contributed by atoms with E-state index in [1.54, 1.807) is 48.5 Å². The predicted octanol–water partition coefficient (Wildman–Crippen LogP) is 2.53. The molecule has 0 radical (unpaired) electrons. The molecule has 1 aliphatic rings. The van der Waals surface area contributed by atoms with Crippen molar-refractivity contribution in [1.29, 1.82) is 0 Å². The van der Waals surface area contributed by atoms with Crippen LogP contribution in [0.15, 0.2) is 78.9 Å². The number of carbonyl (C=O) groups excluding carboxylic acids is 4. The number of hydrogen-bond donors (Lipinski definition) is 2. The molecule has 1 heterocycles.